The molecule has 0 atom stereocenters. The molecule has 3 heterocycles. The highest BCUT2D eigenvalue weighted by molar-refractivity contribution is 8.26. The summed E-state index contributed by atoms with van der Waals surface area (Å²) >= 11 is 6.61. The van der Waals surface area contributed by atoms with Crippen LogP contribution >= 0.6 is 24.0 Å². The molecule has 0 aliphatic carbocycles. The number of hydrogen-bond acceptors (Lipinski definition) is 9. The second kappa shape index (κ2) is 10.9. The number of pyridine rings is 1. The number of benzene rings is 1. The molecule has 0 saturated carbocycles. The summed E-state index contributed by atoms with van der Waals surface area (Å²) in [5.74, 6) is 1.27. The fraction of sp³-hybridized carbons (Fsp3) is 0.250. The van der Waals surface area contributed by atoms with E-state index >= 15 is 0 Å². The number of carbonyl (C=O) groups excluding carboxylic acids is 1. The summed E-state index contributed by atoms with van der Waals surface area (Å²) in [5.41, 5.74) is 1.32. The van der Waals surface area contributed by atoms with Gasteiger partial charge in [-0.3, -0.25) is 18.9 Å². The molecule has 0 unspecified atom stereocenters. The predicted molar refractivity (Wildman–Crippen MR) is 140 cm³/mol. The van der Waals surface area contributed by atoms with Crippen LogP contribution in [0.1, 0.15) is 11.1 Å². The summed E-state index contributed by atoms with van der Waals surface area (Å²) in [5, 5.41) is 12.2. The number of aliphatic hydroxyl groups is 1. The Bertz CT molecular complexity index is 1370. The van der Waals surface area contributed by atoms with Crippen LogP contribution in [-0.2, 0) is 11.2 Å². The molecular weight excluding hydrogens is 488 g/mol. The molecule has 1 aromatic carbocycles. The number of thiocarbonyl (C=S) groups is 1. The Balaban J connectivity index is 1.60. The molecule has 0 spiro atoms. The molecule has 2 aromatic heterocycles. The maximum absolute atomic E-state index is 13.2. The molecule has 0 bridgehead atoms. The van der Waals surface area contributed by atoms with Gasteiger partial charge in [-0.15, -0.1) is 0 Å². The fourth-order valence-electron chi connectivity index (χ4n) is 3.64. The summed E-state index contributed by atoms with van der Waals surface area (Å²) in [4.78, 5) is 32.7. The Labute approximate surface area is 211 Å². The zero-order chi connectivity index (χ0) is 24.9. The van der Waals surface area contributed by atoms with E-state index in [-0.39, 0.29) is 30.2 Å². The van der Waals surface area contributed by atoms with Gasteiger partial charge in [0.15, 0.2) is 11.5 Å². The SMILES string of the molecule is COc1ccc(CCN2C(=O)/C(=C/c3c(NCCO)nc4ccccn4c3=O)SC2=S)cc1OC. The fourth-order valence-corrected chi connectivity index (χ4v) is 4.93. The van der Waals surface area contributed by atoms with E-state index in [0.29, 0.717) is 45.2 Å². The van der Waals surface area contributed by atoms with Gasteiger partial charge < -0.3 is 19.9 Å². The number of carbonyl (C=O) groups is 1. The molecule has 1 saturated heterocycles. The van der Waals surface area contributed by atoms with Crippen molar-refractivity contribution < 1.29 is 19.4 Å². The van der Waals surface area contributed by atoms with E-state index in [9.17, 15) is 14.7 Å². The van der Waals surface area contributed by atoms with Crippen molar-refractivity contribution in [3.63, 3.8) is 0 Å². The lowest BCUT2D eigenvalue weighted by atomic mass is 10.1. The number of thioether (sulfide) groups is 1. The smallest absolute Gasteiger partial charge is 0.267 e. The predicted octanol–water partition coefficient (Wildman–Crippen LogP) is 2.56. The molecule has 1 aliphatic rings. The third-order valence-corrected chi connectivity index (χ3v) is 6.77. The van der Waals surface area contributed by atoms with Gasteiger partial charge in [-0.2, -0.15) is 0 Å². The number of hydrogen-bond donors (Lipinski definition) is 2. The monoisotopic (exact) mass is 512 g/mol. The Kier molecular flexibility index (Phi) is 7.69. The van der Waals surface area contributed by atoms with Crippen molar-refractivity contribution >= 4 is 51.7 Å². The number of rotatable bonds is 9. The van der Waals surface area contributed by atoms with Crippen LogP contribution in [-0.4, -0.2) is 63.5 Å². The number of methoxy groups -OCH3 is 2. The number of aromatic nitrogens is 2. The van der Waals surface area contributed by atoms with Crippen molar-refractivity contribution in [3.8, 4) is 11.5 Å². The van der Waals surface area contributed by atoms with Gasteiger partial charge in [0, 0.05) is 19.3 Å². The van der Waals surface area contributed by atoms with Crippen LogP contribution in [0.4, 0.5) is 5.82 Å². The lowest BCUT2D eigenvalue weighted by Gasteiger charge is -2.15. The topological polar surface area (TPSA) is 105 Å². The van der Waals surface area contributed by atoms with Crippen molar-refractivity contribution in [2.75, 3.05) is 39.2 Å². The van der Waals surface area contributed by atoms with E-state index in [1.54, 1.807) is 38.6 Å². The zero-order valence-corrected chi connectivity index (χ0v) is 20.8. The minimum atomic E-state index is -0.327. The average molecular weight is 513 g/mol. The first-order chi connectivity index (χ1) is 17.0. The number of fused-ring (bicyclic) bond motifs is 1. The zero-order valence-electron chi connectivity index (χ0n) is 19.2. The molecule has 182 valence electrons. The number of nitrogens with one attached hydrogen (secondary N) is 1. The van der Waals surface area contributed by atoms with Crippen LogP contribution in [0, 0.1) is 0 Å². The van der Waals surface area contributed by atoms with E-state index in [2.05, 4.69) is 10.3 Å². The van der Waals surface area contributed by atoms with Crippen molar-refractivity contribution in [2.24, 2.45) is 0 Å². The van der Waals surface area contributed by atoms with Crippen molar-refractivity contribution in [1.29, 1.82) is 0 Å². The van der Waals surface area contributed by atoms with Crippen LogP contribution in [0.15, 0.2) is 52.3 Å². The summed E-state index contributed by atoms with van der Waals surface area (Å²) in [6, 6.07) is 10.8. The lowest BCUT2D eigenvalue weighted by Crippen LogP contribution is -2.30. The maximum Gasteiger partial charge on any atom is 0.267 e. The van der Waals surface area contributed by atoms with E-state index in [0.717, 1.165) is 17.3 Å². The molecule has 0 radical (unpaired) electrons. The third kappa shape index (κ3) is 5.16. The molecule has 1 aliphatic heterocycles. The molecule has 4 rings (SSSR count). The van der Waals surface area contributed by atoms with Gasteiger partial charge in [-0.1, -0.05) is 36.1 Å². The van der Waals surface area contributed by atoms with Gasteiger partial charge in [0.2, 0.25) is 0 Å². The average Bonchev–Trinajstić information content (AvgIpc) is 3.14. The first-order valence-corrected chi connectivity index (χ1v) is 12.0. The van der Waals surface area contributed by atoms with Gasteiger partial charge in [0.1, 0.15) is 15.8 Å². The number of aliphatic hydroxyl groups excluding tert-OH is 1. The molecule has 2 N–H and O–H groups in total. The van der Waals surface area contributed by atoms with Crippen molar-refractivity contribution in [1.82, 2.24) is 14.3 Å². The quantitative estimate of drug-likeness (QED) is 0.331. The first-order valence-electron chi connectivity index (χ1n) is 10.8. The minimum absolute atomic E-state index is 0.131. The molecule has 9 nitrogen and oxygen atoms in total. The number of amides is 1. The number of nitrogens with zero attached hydrogens (tertiary/aromatic N) is 3. The van der Waals surface area contributed by atoms with Gasteiger partial charge >= 0.3 is 0 Å². The highest BCUT2D eigenvalue weighted by atomic mass is 32.2. The van der Waals surface area contributed by atoms with Crippen molar-refractivity contribution in [2.45, 2.75) is 6.42 Å². The van der Waals surface area contributed by atoms with Crippen LogP contribution < -0.4 is 20.3 Å². The van der Waals surface area contributed by atoms with Crippen LogP contribution in [0.5, 0.6) is 11.5 Å². The highest BCUT2D eigenvalue weighted by Crippen LogP contribution is 2.34. The van der Waals surface area contributed by atoms with E-state index in [1.807, 2.05) is 18.2 Å². The minimum Gasteiger partial charge on any atom is -0.493 e. The van der Waals surface area contributed by atoms with Crippen LogP contribution in [0.2, 0.25) is 0 Å². The number of anilines is 1. The Morgan fingerprint density at radius 2 is 1.97 bits per heavy atom. The largest absolute Gasteiger partial charge is 0.493 e. The van der Waals surface area contributed by atoms with Crippen molar-refractivity contribution in [3.05, 3.63) is 69.0 Å². The number of ether oxygens (including phenoxy) is 2. The highest BCUT2D eigenvalue weighted by Gasteiger charge is 2.32. The standard InChI is InChI=1S/C24H24N4O5S2/c1-32-17-7-6-15(13-18(17)33-2)8-11-28-23(31)19(35-24(28)34)14-16-21(25-9-12-29)26-20-5-3-4-10-27(20)22(16)30/h3-7,10,13-14,25,29H,8-9,11-12H2,1-2H3/b19-14-. The van der Waals surface area contributed by atoms with Gasteiger partial charge in [0.25, 0.3) is 11.5 Å². The molecule has 11 heteroatoms. The summed E-state index contributed by atoms with van der Waals surface area (Å²) in [6.45, 7) is 0.457. The second-order valence-electron chi connectivity index (χ2n) is 7.53. The van der Waals surface area contributed by atoms with Gasteiger partial charge in [-0.05, 0) is 42.3 Å². The summed E-state index contributed by atoms with van der Waals surface area (Å²) < 4.78 is 12.5. The first kappa shape index (κ1) is 24.7. The Morgan fingerprint density at radius 3 is 2.71 bits per heavy atom. The third-order valence-electron chi connectivity index (χ3n) is 5.39. The summed E-state index contributed by atoms with van der Waals surface area (Å²) in [6.07, 6.45) is 3.69. The summed E-state index contributed by atoms with van der Waals surface area (Å²) in [7, 11) is 3.15. The second-order valence-corrected chi connectivity index (χ2v) is 9.21. The van der Waals surface area contributed by atoms with Crippen LogP contribution in [0.3, 0.4) is 0 Å². The van der Waals surface area contributed by atoms with E-state index in [1.165, 1.54) is 15.4 Å². The normalized spacial score (nSPS) is 14.7. The molecule has 3 aromatic rings. The Hall–Kier alpha value is -3.41. The molecule has 1 amide bonds. The van der Waals surface area contributed by atoms with E-state index < -0.39 is 0 Å². The maximum atomic E-state index is 13.2. The Morgan fingerprint density at radius 1 is 1.17 bits per heavy atom. The molecular formula is C24H24N4O5S2. The lowest BCUT2D eigenvalue weighted by molar-refractivity contribution is -0.122. The van der Waals surface area contributed by atoms with Gasteiger partial charge in [-0.25, -0.2) is 4.98 Å². The van der Waals surface area contributed by atoms with Gasteiger partial charge in [0.05, 0.1) is 31.3 Å². The van der Waals surface area contributed by atoms with E-state index in [4.69, 9.17) is 21.7 Å². The van der Waals surface area contributed by atoms with Crippen LogP contribution in [0.25, 0.3) is 11.7 Å². The molecule has 1 fully saturated rings. The molecule has 35 heavy (non-hydrogen) atoms.